The van der Waals surface area contributed by atoms with Gasteiger partial charge in [-0.25, -0.2) is 4.98 Å². The number of nitrogens with zero attached hydrogens (tertiary/aromatic N) is 2. The van der Waals surface area contributed by atoms with Gasteiger partial charge >= 0.3 is 6.18 Å². The summed E-state index contributed by atoms with van der Waals surface area (Å²) in [6.45, 7) is 3.73. The number of piperidine rings is 1. The van der Waals surface area contributed by atoms with Crippen LogP contribution >= 0.6 is 0 Å². The van der Waals surface area contributed by atoms with Gasteiger partial charge in [-0.1, -0.05) is 12.1 Å². The van der Waals surface area contributed by atoms with E-state index >= 15 is 0 Å². The average molecular weight is 368 g/mol. The number of alkyl halides is 3. The number of carbonyl (C=O) groups is 1. The number of halogens is 3. The van der Waals surface area contributed by atoms with Crippen LogP contribution in [-0.2, 0) is 11.8 Å². The van der Waals surface area contributed by atoms with E-state index in [-0.39, 0.29) is 43.1 Å². The van der Waals surface area contributed by atoms with E-state index < -0.39 is 17.3 Å². The summed E-state index contributed by atoms with van der Waals surface area (Å²) in [6.07, 6.45) is -4.17. The van der Waals surface area contributed by atoms with Crippen LogP contribution in [0.15, 0.2) is 28.7 Å². The minimum atomic E-state index is -4.47. The highest BCUT2D eigenvalue weighted by atomic mass is 19.4. The molecule has 140 valence electrons. The molecule has 3 rings (SSSR count). The lowest BCUT2D eigenvalue weighted by Crippen LogP contribution is -2.45. The molecule has 2 heterocycles. The molecule has 0 radical (unpaired) electrons. The molecular formula is C18H19F3N2O3. The first kappa shape index (κ1) is 18.4. The molecule has 1 amide bonds. The molecule has 1 N–H and O–H groups in total. The van der Waals surface area contributed by atoms with Crippen LogP contribution in [0.25, 0.3) is 0 Å². The average Bonchev–Trinajstić information content (AvgIpc) is 2.93. The summed E-state index contributed by atoms with van der Waals surface area (Å²) in [7, 11) is 0. The van der Waals surface area contributed by atoms with Crippen molar-refractivity contribution in [2.75, 3.05) is 13.1 Å². The van der Waals surface area contributed by atoms with Gasteiger partial charge in [-0.15, -0.1) is 0 Å². The standard InChI is InChI=1S/C18H19F3N2O3/c1-11-15(22-12(2)26-11)16(24)23-8-6-17(25,7-9-23)13-4-3-5-14(10-13)18(19,20)21/h3-5,10,25H,6-9H2,1-2H3. The van der Waals surface area contributed by atoms with Crippen molar-refractivity contribution in [3.05, 3.63) is 52.7 Å². The monoisotopic (exact) mass is 368 g/mol. The number of hydrogen-bond donors (Lipinski definition) is 1. The maximum Gasteiger partial charge on any atom is 0.416 e. The second-order valence-electron chi connectivity index (χ2n) is 6.54. The molecule has 0 bridgehead atoms. The number of amides is 1. The molecule has 1 aromatic carbocycles. The van der Waals surface area contributed by atoms with Gasteiger partial charge in [0.05, 0.1) is 11.2 Å². The SMILES string of the molecule is Cc1nc(C(=O)N2CCC(O)(c3cccc(C(F)(F)F)c3)CC2)c(C)o1. The maximum atomic E-state index is 12.9. The predicted molar refractivity (Wildman–Crippen MR) is 86.5 cm³/mol. The van der Waals surface area contributed by atoms with Crippen LogP contribution in [0.4, 0.5) is 13.2 Å². The van der Waals surface area contributed by atoms with Gasteiger partial charge in [-0.2, -0.15) is 13.2 Å². The highest BCUT2D eigenvalue weighted by Gasteiger charge is 2.38. The number of aryl methyl sites for hydroxylation is 2. The van der Waals surface area contributed by atoms with Gasteiger partial charge in [0.2, 0.25) is 0 Å². The zero-order valence-corrected chi connectivity index (χ0v) is 14.4. The van der Waals surface area contributed by atoms with E-state index in [0.717, 1.165) is 12.1 Å². The number of oxazole rings is 1. The van der Waals surface area contributed by atoms with E-state index in [0.29, 0.717) is 11.7 Å². The Morgan fingerprint density at radius 2 is 1.92 bits per heavy atom. The largest absolute Gasteiger partial charge is 0.445 e. The zero-order chi connectivity index (χ0) is 19.1. The first-order chi connectivity index (χ1) is 12.1. The fourth-order valence-corrected chi connectivity index (χ4v) is 3.23. The third kappa shape index (κ3) is 3.46. The number of aliphatic hydroxyl groups is 1. The fourth-order valence-electron chi connectivity index (χ4n) is 3.23. The van der Waals surface area contributed by atoms with Crippen molar-refractivity contribution in [3.63, 3.8) is 0 Å². The Labute approximate surface area is 148 Å². The Morgan fingerprint density at radius 3 is 2.46 bits per heavy atom. The van der Waals surface area contributed by atoms with Crippen LogP contribution in [0.1, 0.15) is 46.1 Å². The first-order valence-electron chi connectivity index (χ1n) is 8.23. The van der Waals surface area contributed by atoms with Crippen molar-refractivity contribution in [1.29, 1.82) is 0 Å². The van der Waals surface area contributed by atoms with E-state index in [9.17, 15) is 23.1 Å². The molecule has 1 aliphatic rings. The molecule has 1 aliphatic heterocycles. The molecule has 5 nitrogen and oxygen atoms in total. The van der Waals surface area contributed by atoms with Crippen LogP contribution in [0, 0.1) is 13.8 Å². The van der Waals surface area contributed by atoms with Crippen molar-refractivity contribution in [3.8, 4) is 0 Å². The number of benzene rings is 1. The Hall–Kier alpha value is -2.35. The minimum absolute atomic E-state index is 0.149. The minimum Gasteiger partial charge on any atom is -0.445 e. The summed E-state index contributed by atoms with van der Waals surface area (Å²) < 4.78 is 44.0. The maximum absolute atomic E-state index is 12.9. The second-order valence-corrected chi connectivity index (χ2v) is 6.54. The quantitative estimate of drug-likeness (QED) is 0.882. The third-order valence-electron chi connectivity index (χ3n) is 4.71. The van der Waals surface area contributed by atoms with E-state index in [1.165, 1.54) is 17.0 Å². The van der Waals surface area contributed by atoms with Gasteiger partial charge in [0.1, 0.15) is 5.76 Å². The molecule has 0 saturated carbocycles. The smallest absolute Gasteiger partial charge is 0.416 e. The molecule has 0 spiro atoms. The van der Waals surface area contributed by atoms with E-state index in [1.807, 2.05) is 0 Å². The Balaban J connectivity index is 1.75. The summed E-state index contributed by atoms with van der Waals surface area (Å²) in [5.41, 5.74) is -1.75. The molecule has 1 aromatic heterocycles. The van der Waals surface area contributed by atoms with Crippen molar-refractivity contribution >= 4 is 5.91 Å². The summed E-state index contributed by atoms with van der Waals surface area (Å²) in [5, 5.41) is 10.8. The number of hydrogen-bond acceptors (Lipinski definition) is 4. The van der Waals surface area contributed by atoms with E-state index in [2.05, 4.69) is 4.98 Å². The Kier molecular flexibility index (Phi) is 4.56. The highest BCUT2D eigenvalue weighted by molar-refractivity contribution is 5.93. The fraction of sp³-hybridized carbons (Fsp3) is 0.444. The van der Waals surface area contributed by atoms with Crippen LogP contribution < -0.4 is 0 Å². The number of aromatic nitrogens is 1. The van der Waals surface area contributed by atoms with E-state index in [4.69, 9.17) is 4.42 Å². The third-order valence-corrected chi connectivity index (χ3v) is 4.71. The Bertz CT molecular complexity index is 821. The van der Waals surface area contributed by atoms with Crippen molar-refractivity contribution in [1.82, 2.24) is 9.88 Å². The lowest BCUT2D eigenvalue weighted by atomic mass is 9.83. The molecule has 0 aliphatic carbocycles. The summed E-state index contributed by atoms with van der Waals surface area (Å²) in [5.74, 6) is 0.514. The molecule has 26 heavy (non-hydrogen) atoms. The summed E-state index contributed by atoms with van der Waals surface area (Å²) in [4.78, 5) is 18.1. The molecule has 1 saturated heterocycles. The van der Waals surface area contributed by atoms with Gasteiger partial charge in [0.15, 0.2) is 11.6 Å². The lowest BCUT2D eigenvalue weighted by molar-refractivity contribution is -0.137. The molecule has 2 aromatic rings. The van der Waals surface area contributed by atoms with Crippen LogP contribution in [0.3, 0.4) is 0 Å². The lowest BCUT2D eigenvalue weighted by Gasteiger charge is -2.38. The van der Waals surface area contributed by atoms with E-state index in [1.54, 1.807) is 13.8 Å². The number of rotatable bonds is 2. The summed E-state index contributed by atoms with van der Waals surface area (Å²) in [6, 6.07) is 4.72. The van der Waals surface area contributed by atoms with Gasteiger partial charge in [0.25, 0.3) is 5.91 Å². The first-order valence-corrected chi connectivity index (χ1v) is 8.23. The van der Waals surface area contributed by atoms with Crippen LogP contribution in [0.5, 0.6) is 0 Å². The predicted octanol–water partition coefficient (Wildman–Crippen LogP) is 3.43. The normalized spacial score (nSPS) is 17.4. The van der Waals surface area contributed by atoms with Crippen LogP contribution in [0.2, 0.25) is 0 Å². The second kappa shape index (κ2) is 6.42. The summed E-state index contributed by atoms with van der Waals surface area (Å²) >= 11 is 0. The molecule has 8 heteroatoms. The molecule has 1 fully saturated rings. The topological polar surface area (TPSA) is 66.6 Å². The van der Waals surface area contributed by atoms with Gasteiger partial charge in [0, 0.05) is 20.0 Å². The highest BCUT2D eigenvalue weighted by Crippen LogP contribution is 2.37. The zero-order valence-electron chi connectivity index (χ0n) is 14.4. The van der Waals surface area contributed by atoms with Crippen molar-refractivity contribution < 1.29 is 27.5 Å². The molecular weight excluding hydrogens is 349 g/mol. The molecule has 0 atom stereocenters. The number of likely N-dealkylation sites (tertiary alicyclic amines) is 1. The van der Waals surface area contributed by atoms with Gasteiger partial charge in [-0.3, -0.25) is 4.79 Å². The van der Waals surface area contributed by atoms with Gasteiger partial charge in [-0.05, 0) is 37.5 Å². The van der Waals surface area contributed by atoms with Gasteiger partial charge < -0.3 is 14.4 Å². The Morgan fingerprint density at radius 1 is 1.27 bits per heavy atom. The van der Waals surface area contributed by atoms with Crippen molar-refractivity contribution in [2.24, 2.45) is 0 Å². The molecule has 0 unspecified atom stereocenters. The van der Waals surface area contributed by atoms with Crippen LogP contribution in [-0.4, -0.2) is 34.0 Å². The number of carbonyl (C=O) groups excluding carboxylic acids is 1. The van der Waals surface area contributed by atoms with Crippen molar-refractivity contribution in [2.45, 2.75) is 38.5 Å².